The van der Waals surface area contributed by atoms with E-state index < -0.39 is 5.97 Å². The lowest BCUT2D eigenvalue weighted by molar-refractivity contribution is -0.134. The maximum absolute atomic E-state index is 12.3. The molecule has 112 valence electrons. The first-order valence-electron chi connectivity index (χ1n) is 6.89. The monoisotopic (exact) mass is 305 g/mol. The number of nitrogens with zero attached hydrogens (tertiary/aromatic N) is 1. The van der Waals surface area contributed by atoms with Gasteiger partial charge in [0, 0.05) is 31.3 Å². The summed E-state index contributed by atoms with van der Waals surface area (Å²) in [5.41, 5.74) is 1.83. The maximum atomic E-state index is 12.3. The molecule has 0 aliphatic carbocycles. The summed E-state index contributed by atoms with van der Waals surface area (Å²) in [7, 11) is 1.82. The van der Waals surface area contributed by atoms with Crippen LogP contribution in [0.2, 0.25) is 0 Å². The molecule has 0 radical (unpaired) electrons. The van der Waals surface area contributed by atoms with Gasteiger partial charge in [-0.1, -0.05) is 18.2 Å². The minimum absolute atomic E-state index is 0.148. The average Bonchev–Trinajstić information content (AvgIpc) is 2.98. The molecule has 1 aromatic rings. The fourth-order valence-corrected chi connectivity index (χ4v) is 3.57. The molecule has 1 fully saturated rings. The van der Waals surface area contributed by atoms with Crippen molar-refractivity contribution in [1.82, 2.24) is 4.90 Å². The Bertz CT molecular complexity index is 550. The number of hydrogen-bond acceptors (Lipinski definition) is 3. The number of aliphatic carboxylic acids is 1. The smallest absolute Gasteiger partial charge is 0.328 e. The van der Waals surface area contributed by atoms with Crippen LogP contribution in [-0.2, 0) is 16.1 Å². The van der Waals surface area contributed by atoms with Crippen LogP contribution in [0, 0.1) is 5.92 Å². The van der Waals surface area contributed by atoms with Crippen LogP contribution in [0.15, 0.2) is 30.3 Å². The summed E-state index contributed by atoms with van der Waals surface area (Å²) in [5, 5.41) is 8.64. The second kappa shape index (κ2) is 7.31. The van der Waals surface area contributed by atoms with Gasteiger partial charge >= 0.3 is 5.97 Å². The Labute approximate surface area is 128 Å². The van der Waals surface area contributed by atoms with Crippen molar-refractivity contribution < 1.29 is 14.7 Å². The molecule has 1 saturated heterocycles. The van der Waals surface area contributed by atoms with E-state index in [0.29, 0.717) is 6.54 Å². The van der Waals surface area contributed by atoms with E-state index in [-0.39, 0.29) is 11.8 Å². The molecule has 0 spiro atoms. The highest BCUT2D eigenvalue weighted by molar-refractivity contribution is 7.99. The lowest BCUT2D eigenvalue weighted by Gasteiger charge is -2.20. The van der Waals surface area contributed by atoms with Crippen molar-refractivity contribution in [3.63, 3.8) is 0 Å². The molecule has 1 atom stereocenters. The van der Waals surface area contributed by atoms with Gasteiger partial charge in [0.1, 0.15) is 0 Å². The van der Waals surface area contributed by atoms with Crippen LogP contribution in [0.25, 0.3) is 6.08 Å². The van der Waals surface area contributed by atoms with E-state index in [9.17, 15) is 9.59 Å². The Morgan fingerprint density at radius 3 is 2.95 bits per heavy atom. The molecule has 5 heteroatoms. The first-order chi connectivity index (χ1) is 10.1. The zero-order chi connectivity index (χ0) is 15.2. The zero-order valence-corrected chi connectivity index (χ0v) is 12.8. The van der Waals surface area contributed by atoms with Crippen LogP contribution in [0.5, 0.6) is 0 Å². The minimum atomic E-state index is -0.966. The number of rotatable bonds is 5. The predicted molar refractivity (Wildman–Crippen MR) is 85.0 cm³/mol. The van der Waals surface area contributed by atoms with E-state index in [1.54, 1.807) is 11.0 Å². The Morgan fingerprint density at radius 2 is 2.29 bits per heavy atom. The number of carboxylic acids is 1. The number of amides is 1. The summed E-state index contributed by atoms with van der Waals surface area (Å²) in [6.07, 6.45) is 3.64. The van der Waals surface area contributed by atoms with Crippen molar-refractivity contribution >= 4 is 29.7 Å². The second-order valence-corrected chi connectivity index (χ2v) is 6.32. The predicted octanol–water partition coefficient (Wildman–Crippen LogP) is 2.50. The minimum Gasteiger partial charge on any atom is -0.478 e. The summed E-state index contributed by atoms with van der Waals surface area (Å²) >= 11 is 1.83. The number of thioether (sulfide) groups is 1. The molecular formula is C16H19NO3S. The molecule has 21 heavy (non-hydrogen) atoms. The van der Waals surface area contributed by atoms with Crippen LogP contribution in [-0.4, -0.2) is 40.4 Å². The summed E-state index contributed by atoms with van der Waals surface area (Å²) in [4.78, 5) is 24.6. The third-order valence-electron chi connectivity index (χ3n) is 3.44. The molecule has 4 nitrogen and oxygen atoms in total. The standard InChI is InChI=1S/C16H19NO3S/c1-17(16(20)14-7-8-21-11-14)10-13-4-2-3-12(9-13)5-6-15(18)19/h2-6,9,14H,7-8,10-11H2,1H3,(H,18,19). The van der Waals surface area contributed by atoms with Crippen LogP contribution >= 0.6 is 11.8 Å². The van der Waals surface area contributed by atoms with Crippen molar-refractivity contribution in [2.75, 3.05) is 18.6 Å². The third-order valence-corrected chi connectivity index (χ3v) is 4.61. The highest BCUT2D eigenvalue weighted by Gasteiger charge is 2.25. The van der Waals surface area contributed by atoms with Crippen LogP contribution in [0.4, 0.5) is 0 Å². The average molecular weight is 305 g/mol. The highest BCUT2D eigenvalue weighted by atomic mass is 32.2. The lowest BCUT2D eigenvalue weighted by Crippen LogP contribution is -2.32. The maximum Gasteiger partial charge on any atom is 0.328 e. The van der Waals surface area contributed by atoms with E-state index in [2.05, 4.69) is 0 Å². The summed E-state index contributed by atoms with van der Waals surface area (Å²) in [6, 6.07) is 7.58. The Kier molecular flexibility index (Phi) is 5.44. The quantitative estimate of drug-likeness (QED) is 0.849. The first kappa shape index (κ1) is 15.6. The van der Waals surface area contributed by atoms with Crippen LogP contribution in [0.1, 0.15) is 17.5 Å². The second-order valence-electron chi connectivity index (χ2n) is 5.17. The molecule has 1 aromatic carbocycles. The fourth-order valence-electron chi connectivity index (χ4n) is 2.36. The van der Waals surface area contributed by atoms with Gasteiger partial charge in [-0.25, -0.2) is 4.79 Å². The number of carboxylic acid groups (broad SMARTS) is 1. The molecule has 1 amide bonds. The number of carbonyl (C=O) groups excluding carboxylic acids is 1. The van der Waals surface area contributed by atoms with E-state index >= 15 is 0 Å². The Morgan fingerprint density at radius 1 is 1.48 bits per heavy atom. The van der Waals surface area contributed by atoms with Crippen molar-refractivity contribution in [3.05, 3.63) is 41.5 Å². The molecule has 1 N–H and O–H groups in total. The topological polar surface area (TPSA) is 57.6 Å². The van der Waals surface area contributed by atoms with Crippen LogP contribution < -0.4 is 0 Å². The SMILES string of the molecule is CN(Cc1cccc(C=CC(=O)O)c1)C(=O)C1CCSC1. The van der Waals surface area contributed by atoms with Crippen molar-refractivity contribution in [3.8, 4) is 0 Å². The van der Waals surface area contributed by atoms with Crippen molar-refractivity contribution in [1.29, 1.82) is 0 Å². The lowest BCUT2D eigenvalue weighted by atomic mass is 10.1. The van der Waals surface area contributed by atoms with Crippen LogP contribution in [0.3, 0.4) is 0 Å². The van der Waals surface area contributed by atoms with Crippen molar-refractivity contribution in [2.24, 2.45) is 5.92 Å². The van der Waals surface area contributed by atoms with Crippen molar-refractivity contribution in [2.45, 2.75) is 13.0 Å². The number of benzene rings is 1. The highest BCUT2D eigenvalue weighted by Crippen LogP contribution is 2.25. The Hall–Kier alpha value is -1.75. The van der Waals surface area contributed by atoms with Gasteiger partial charge in [-0.3, -0.25) is 4.79 Å². The zero-order valence-electron chi connectivity index (χ0n) is 12.0. The van der Waals surface area contributed by atoms with Gasteiger partial charge in [0.2, 0.25) is 5.91 Å². The summed E-state index contributed by atoms with van der Waals surface area (Å²) < 4.78 is 0. The fraction of sp³-hybridized carbons (Fsp3) is 0.375. The van der Waals surface area contributed by atoms with Gasteiger partial charge in [-0.2, -0.15) is 11.8 Å². The molecular weight excluding hydrogens is 286 g/mol. The van der Waals surface area contributed by atoms with E-state index in [4.69, 9.17) is 5.11 Å². The van der Waals surface area contributed by atoms with Gasteiger partial charge in [0.25, 0.3) is 0 Å². The van der Waals surface area contributed by atoms with E-state index in [0.717, 1.165) is 35.1 Å². The summed E-state index contributed by atoms with van der Waals surface area (Å²) in [5.74, 6) is 1.37. The normalized spacial score (nSPS) is 18.0. The van der Waals surface area contributed by atoms with E-state index in [1.807, 2.05) is 43.1 Å². The molecule has 1 aliphatic rings. The van der Waals surface area contributed by atoms with Gasteiger partial charge in [0.15, 0.2) is 0 Å². The molecule has 0 aromatic heterocycles. The molecule has 1 aliphatic heterocycles. The Balaban J connectivity index is 2.00. The molecule has 2 rings (SSSR count). The summed E-state index contributed by atoms with van der Waals surface area (Å²) in [6.45, 7) is 0.550. The molecule has 0 bridgehead atoms. The van der Waals surface area contributed by atoms with Gasteiger partial charge < -0.3 is 10.0 Å². The van der Waals surface area contributed by atoms with E-state index in [1.165, 1.54) is 0 Å². The third kappa shape index (κ3) is 4.63. The first-order valence-corrected chi connectivity index (χ1v) is 8.04. The molecule has 1 heterocycles. The van der Waals surface area contributed by atoms with Gasteiger partial charge in [-0.15, -0.1) is 0 Å². The van der Waals surface area contributed by atoms with Gasteiger partial charge in [-0.05, 0) is 35.4 Å². The van der Waals surface area contributed by atoms with Gasteiger partial charge in [0.05, 0.1) is 0 Å². The number of hydrogen-bond donors (Lipinski definition) is 1. The molecule has 1 unspecified atom stereocenters. The molecule has 0 saturated carbocycles. The number of carbonyl (C=O) groups is 2. The largest absolute Gasteiger partial charge is 0.478 e.